The summed E-state index contributed by atoms with van der Waals surface area (Å²) >= 11 is 6.76. The molecule has 0 atom stereocenters. The third-order valence-electron chi connectivity index (χ3n) is 9.60. The van der Waals surface area contributed by atoms with Crippen molar-refractivity contribution >= 4 is 23.5 Å². The molecule has 11 nitrogen and oxygen atoms in total. The molecule has 0 radical (unpaired) electrons. The van der Waals surface area contributed by atoms with E-state index in [2.05, 4.69) is 21.7 Å². The van der Waals surface area contributed by atoms with E-state index < -0.39 is 18.6 Å². The van der Waals surface area contributed by atoms with Crippen LogP contribution < -0.4 is 24.8 Å². The van der Waals surface area contributed by atoms with Gasteiger partial charge in [-0.1, -0.05) is 60.1 Å². The highest BCUT2D eigenvalue weighted by atomic mass is 35.5. The molecule has 0 aliphatic heterocycles. The van der Waals surface area contributed by atoms with Crippen molar-refractivity contribution in [3.05, 3.63) is 129 Å². The second kappa shape index (κ2) is 21.6. The largest absolute Gasteiger partial charge is 0.488 e. The van der Waals surface area contributed by atoms with Crippen molar-refractivity contribution < 1.29 is 42.8 Å². The lowest BCUT2D eigenvalue weighted by atomic mass is 9.89. The van der Waals surface area contributed by atoms with Gasteiger partial charge in [0.05, 0.1) is 10.6 Å². The molecule has 1 aromatic heterocycles. The van der Waals surface area contributed by atoms with Gasteiger partial charge in [-0.15, -0.1) is 0 Å². The number of rotatable bonds is 22. The Morgan fingerprint density at radius 3 is 2.08 bits per heavy atom. The summed E-state index contributed by atoms with van der Waals surface area (Å²) < 4.78 is 44.4. The quantitative estimate of drug-likeness (QED) is 0.0492. The average molecular weight is 827 g/mol. The molecule has 59 heavy (non-hydrogen) atoms. The Hall–Kier alpha value is -6.07. The number of ether oxygens (including phenoxy) is 3. The van der Waals surface area contributed by atoms with E-state index in [1.807, 2.05) is 56.3 Å². The van der Waals surface area contributed by atoms with Crippen LogP contribution in [0, 0.1) is 25.2 Å². The van der Waals surface area contributed by atoms with Gasteiger partial charge in [0, 0.05) is 61.1 Å². The lowest BCUT2D eigenvalue weighted by Gasteiger charge is -2.19. The van der Waals surface area contributed by atoms with Gasteiger partial charge < -0.3 is 35.1 Å². The van der Waals surface area contributed by atoms with Gasteiger partial charge in [-0.3, -0.25) is 14.6 Å². The third kappa shape index (κ3) is 12.7. The fourth-order valence-corrected chi connectivity index (χ4v) is 6.77. The van der Waals surface area contributed by atoms with Crippen LogP contribution in [-0.2, 0) is 35.9 Å². The topological polar surface area (TPSA) is 163 Å². The number of halogens is 3. The summed E-state index contributed by atoms with van der Waals surface area (Å²) in [5, 5.41) is 33.9. The standard InChI is InChI=1S/C45H45ClF2N4O7/c1-28-34(27-58-42-20-40(57-26-31-17-30(21-49)22-52-23-31)35(18-39(42)46)25-51-16-6-12-44(55)56)7-3-9-37(28)38-10-4-8-36(29(38)2)32-13-14-33(41(19-32)59-45(47)48)24-50-15-5-11-43(53)54/h3-4,7-10,13-14,17-20,22-23,45,50-51H,5-6,11-12,15-16,24-27H2,1-2H3,(H,53,54)(H,55,56). The molecule has 5 rings (SSSR count). The third-order valence-corrected chi connectivity index (χ3v) is 9.90. The van der Waals surface area contributed by atoms with Gasteiger partial charge in [0.1, 0.15) is 36.5 Å². The van der Waals surface area contributed by atoms with E-state index in [1.165, 1.54) is 6.20 Å². The summed E-state index contributed by atoms with van der Waals surface area (Å²) in [4.78, 5) is 25.9. The van der Waals surface area contributed by atoms with Crippen LogP contribution in [0.25, 0.3) is 22.3 Å². The maximum absolute atomic E-state index is 13.5. The molecule has 0 aliphatic rings. The summed E-state index contributed by atoms with van der Waals surface area (Å²) in [7, 11) is 0. The molecule has 5 aromatic rings. The number of alkyl halides is 2. The number of carboxylic acid groups (broad SMARTS) is 2. The van der Waals surface area contributed by atoms with E-state index in [9.17, 15) is 23.6 Å². The van der Waals surface area contributed by atoms with Crippen LogP contribution in [0.1, 0.15) is 64.6 Å². The Morgan fingerprint density at radius 1 is 0.763 bits per heavy atom. The van der Waals surface area contributed by atoms with E-state index in [0.717, 1.165) is 38.9 Å². The van der Waals surface area contributed by atoms with Crippen LogP contribution in [0.4, 0.5) is 8.78 Å². The number of hydrogen-bond donors (Lipinski definition) is 4. The molecule has 4 N–H and O–H groups in total. The highest BCUT2D eigenvalue weighted by molar-refractivity contribution is 6.32. The van der Waals surface area contributed by atoms with Crippen molar-refractivity contribution in [1.82, 2.24) is 15.6 Å². The Labute approximate surface area is 346 Å². The number of pyridine rings is 1. The molecule has 4 aromatic carbocycles. The minimum Gasteiger partial charge on any atom is -0.488 e. The van der Waals surface area contributed by atoms with Crippen LogP contribution >= 0.6 is 11.6 Å². The van der Waals surface area contributed by atoms with Gasteiger partial charge in [0.25, 0.3) is 0 Å². The number of aromatic nitrogens is 1. The first-order valence-electron chi connectivity index (χ1n) is 19.0. The smallest absolute Gasteiger partial charge is 0.387 e. The van der Waals surface area contributed by atoms with Crippen LogP contribution in [-0.4, -0.2) is 46.8 Å². The minimum atomic E-state index is -3.02. The fourth-order valence-electron chi connectivity index (χ4n) is 6.52. The molecule has 14 heteroatoms. The molecule has 0 saturated heterocycles. The molecule has 308 valence electrons. The second-order valence-electron chi connectivity index (χ2n) is 13.8. The molecular formula is C45H45ClF2N4O7. The normalized spacial score (nSPS) is 11.0. The van der Waals surface area contributed by atoms with E-state index >= 15 is 0 Å². The Balaban J connectivity index is 1.36. The lowest BCUT2D eigenvalue weighted by molar-refractivity contribution is -0.138. The van der Waals surface area contributed by atoms with Gasteiger partial charge in [-0.2, -0.15) is 14.0 Å². The van der Waals surface area contributed by atoms with Crippen LogP contribution in [0.3, 0.4) is 0 Å². The number of benzene rings is 4. The zero-order valence-electron chi connectivity index (χ0n) is 32.7. The number of hydrogen-bond acceptors (Lipinski definition) is 9. The number of nitrogens with zero attached hydrogens (tertiary/aromatic N) is 2. The maximum Gasteiger partial charge on any atom is 0.387 e. The molecule has 0 amide bonds. The summed E-state index contributed by atoms with van der Waals surface area (Å²) in [5.74, 6) is -0.828. The molecule has 0 spiro atoms. The Kier molecular flexibility index (Phi) is 16.1. The molecule has 1 heterocycles. The molecule has 0 fully saturated rings. The second-order valence-corrected chi connectivity index (χ2v) is 14.2. The summed E-state index contributed by atoms with van der Waals surface area (Å²) in [5.41, 5.74) is 8.64. The van der Waals surface area contributed by atoms with Crippen molar-refractivity contribution in [2.75, 3.05) is 13.1 Å². The maximum atomic E-state index is 13.5. The molecule has 0 saturated carbocycles. The van der Waals surface area contributed by atoms with Gasteiger partial charge in [-0.25, -0.2) is 0 Å². The molecule has 0 aliphatic carbocycles. The van der Waals surface area contributed by atoms with Crippen molar-refractivity contribution in [1.29, 1.82) is 5.26 Å². The first-order chi connectivity index (χ1) is 28.4. The van der Waals surface area contributed by atoms with Gasteiger partial charge in [-0.05, 0) is 96.9 Å². The fraction of sp³-hybridized carbons (Fsp3) is 0.289. The van der Waals surface area contributed by atoms with E-state index in [-0.39, 0.29) is 38.3 Å². The first-order valence-corrected chi connectivity index (χ1v) is 19.3. The zero-order chi connectivity index (χ0) is 42.3. The van der Waals surface area contributed by atoms with Crippen LogP contribution in [0.5, 0.6) is 17.2 Å². The average Bonchev–Trinajstić information content (AvgIpc) is 3.20. The SMILES string of the molecule is Cc1c(COc2cc(OCc3cncc(C#N)c3)c(CNCCCC(=O)O)cc2Cl)cccc1-c1cccc(-c2ccc(CNCCCC(=O)O)c(OC(F)F)c2)c1C. The van der Waals surface area contributed by atoms with Crippen molar-refractivity contribution in [3.8, 4) is 45.6 Å². The van der Waals surface area contributed by atoms with Gasteiger partial charge in [0.15, 0.2) is 0 Å². The number of carboxylic acids is 2. The van der Waals surface area contributed by atoms with Crippen molar-refractivity contribution in [2.24, 2.45) is 0 Å². The lowest BCUT2D eigenvalue weighted by Crippen LogP contribution is -2.17. The Bertz CT molecular complexity index is 2300. The molecule has 0 bridgehead atoms. The molecular weight excluding hydrogens is 782 g/mol. The van der Waals surface area contributed by atoms with Crippen molar-refractivity contribution in [3.63, 3.8) is 0 Å². The van der Waals surface area contributed by atoms with E-state index in [1.54, 1.807) is 36.5 Å². The summed E-state index contributed by atoms with van der Waals surface area (Å²) in [6.07, 6.45) is 4.01. The summed E-state index contributed by atoms with van der Waals surface area (Å²) in [6.45, 7) is 2.77. The number of aliphatic carboxylic acids is 2. The first kappa shape index (κ1) is 44.0. The highest BCUT2D eigenvalue weighted by Crippen LogP contribution is 2.38. The van der Waals surface area contributed by atoms with Crippen molar-refractivity contribution in [2.45, 2.75) is 72.4 Å². The number of nitrogens with one attached hydrogen (secondary N) is 2. The zero-order valence-corrected chi connectivity index (χ0v) is 33.5. The molecule has 0 unspecified atom stereocenters. The highest BCUT2D eigenvalue weighted by Gasteiger charge is 2.17. The number of nitriles is 1. The summed E-state index contributed by atoms with van der Waals surface area (Å²) in [6, 6.07) is 24.2. The van der Waals surface area contributed by atoms with Crippen LogP contribution in [0.15, 0.2) is 85.2 Å². The predicted molar refractivity (Wildman–Crippen MR) is 220 cm³/mol. The van der Waals surface area contributed by atoms with E-state index in [4.69, 9.17) is 36.0 Å². The predicted octanol–water partition coefficient (Wildman–Crippen LogP) is 9.23. The van der Waals surface area contributed by atoms with Gasteiger partial charge in [0.2, 0.25) is 0 Å². The monoisotopic (exact) mass is 826 g/mol. The van der Waals surface area contributed by atoms with Gasteiger partial charge >= 0.3 is 18.6 Å². The van der Waals surface area contributed by atoms with E-state index in [0.29, 0.717) is 71.3 Å². The minimum absolute atomic E-state index is 0.00948. The number of carbonyl (C=O) groups is 2. The Morgan fingerprint density at radius 2 is 1.41 bits per heavy atom. The van der Waals surface area contributed by atoms with Crippen LogP contribution in [0.2, 0.25) is 5.02 Å².